The van der Waals surface area contributed by atoms with Crippen molar-refractivity contribution in [2.45, 2.75) is 6.42 Å². The molecule has 0 radical (unpaired) electrons. The van der Waals surface area contributed by atoms with Crippen LogP contribution in [0.25, 0.3) is 0 Å². The summed E-state index contributed by atoms with van der Waals surface area (Å²) in [5.41, 5.74) is 10.1. The maximum Gasteiger partial charge on any atom is 0.253 e. The van der Waals surface area contributed by atoms with E-state index in [2.05, 4.69) is 4.99 Å². The molecule has 1 aromatic carbocycles. The third-order valence-electron chi connectivity index (χ3n) is 1.83. The normalized spacial score (nSPS) is 10.0. The molecule has 1 aromatic rings. The van der Waals surface area contributed by atoms with Gasteiger partial charge in [0.25, 0.3) is 5.91 Å². The van der Waals surface area contributed by atoms with E-state index in [0.717, 1.165) is 6.07 Å². The third-order valence-corrected chi connectivity index (χ3v) is 2.68. The zero-order valence-electron chi connectivity index (χ0n) is 8.44. The molecule has 0 fully saturated rings. The molecule has 17 heavy (non-hydrogen) atoms. The number of nitrogens with zero attached hydrogens (tertiary/aromatic N) is 1. The molecule has 0 heterocycles. The highest BCUT2D eigenvalue weighted by Crippen LogP contribution is 2.39. The van der Waals surface area contributed by atoms with Crippen molar-refractivity contribution in [1.29, 1.82) is 0 Å². The first-order valence-electron chi connectivity index (χ1n) is 4.34. The lowest BCUT2D eigenvalue weighted by Gasteiger charge is -2.08. The Labute approximate surface area is 106 Å². The van der Waals surface area contributed by atoms with E-state index < -0.39 is 11.9 Å². The summed E-state index contributed by atoms with van der Waals surface area (Å²) < 4.78 is 0. The summed E-state index contributed by atoms with van der Waals surface area (Å²) >= 11 is 11.5. The van der Waals surface area contributed by atoms with E-state index in [9.17, 15) is 15.0 Å². The van der Waals surface area contributed by atoms with Crippen LogP contribution in [0.2, 0.25) is 10.0 Å². The number of halogens is 2. The SMILES string of the molecule is NC(N)=NC(=O)Cc1c(Cl)c(O)cc(O)c1Cl. The zero-order valence-corrected chi connectivity index (χ0v) is 9.96. The van der Waals surface area contributed by atoms with Crippen molar-refractivity contribution in [2.24, 2.45) is 16.5 Å². The number of benzene rings is 1. The number of rotatable bonds is 2. The van der Waals surface area contributed by atoms with Gasteiger partial charge in [0.2, 0.25) is 0 Å². The molecule has 92 valence electrons. The van der Waals surface area contributed by atoms with E-state index in [1.165, 1.54) is 0 Å². The minimum absolute atomic E-state index is 0.0563. The van der Waals surface area contributed by atoms with Crippen LogP contribution < -0.4 is 11.5 Å². The van der Waals surface area contributed by atoms with Crippen molar-refractivity contribution in [1.82, 2.24) is 0 Å². The van der Waals surface area contributed by atoms with Crippen molar-refractivity contribution in [3.05, 3.63) is 21.7 Å². The van der Waals surface area contributed by atoms with E-state index in [1.54, 1.807) is 0 Å². The molecule has 1 rings (SSSR count). The average Bonchev–Trinajstić information content (AvgIpc) is 2.20. The Morgan fingerprint density at radius 2 is 1.71 bits per heavy atom. The first-order chi connectivity index (χ1) is 7.82. The number of aromatic hydroxyl groups is 2. The highest BCUT2D eigenvalue weighted by atomic mass is 35.5. The molecular formula is C9H9Cl2N3O3. The van der Waals surface area contributed by atoms with Gasteiger partial charge in [-0.05, 0) is 0 Å². The van der Waals surface area contributed by atoms with Crippen LogP contribution >= 0.6 is 23.2 Å². The molecular weight excluding hydrogens is 269 g/mol. The first-order valence-corrected chi connectivity index (χ1v) is 5.09. The lowest BCUT2D eigenvalue weighted by molar-refractivity contribution is -0.117. The van der Waals surface area contributed by atoms with Crippen LogP contribution in [0.4, 0.5) is 0 Å². The van der Waals surface area contributed by atoms with Gasteiger partial charge in [-0.2, -0.15) is 4.99 Å². The quantitative estimate of drug-likeness (QED) is 0.469. The molecule has 0 aliphatic rings. The first kappa shape index (κ1) is 13.4. The van der Waals surface area contributed by atoms with Gasteiger partial charge in [0.1, 0.15) is 11.5 Å². The lowest BCUT2D eigenvalue weighted by atomic mass is 10.1. The topological polar surface area (TPSA) is 122 Å². The van der Waals surface area contributed by atoms with E-state index in [-0.39, 0.29) is 33.5 Å². The highest BCUT2D eigenvalue weighted by Gasteiger charge is 2.17. The minimum Gasteiger partial charge on any atom is -0.506 e. The third kappa shape index (κ3) is 3.15. The van der Waals surface area contributed by atoms with Crippen molar-refractivity contribution in [3.63, 3.8) is 0 Å². The number of guanidine groups is 1. The summed E-state index contributed by atoms with van der Waals surface area (Å²) in [4.78, 5) is 14.6. The molecule has 6 nitrogen and oxygen atoms in total. The maximum atomic E-state index is 11.3. The number of carbonyl (C=O) groups excluding carboxylic acids is 1. The van der Waals surface area contributed by atoms with Gasteiger partial charge in [-0.25, -0.2) is 0 Å². The van der Waals surface area contributed by atoms with Crippen molar-refractivity contribution in [3.8, 4) is 11.5 Å². The largest absolute Gasteiger partial charge is 0.506 e. The van der Waals surface area contributed by atoms with E-state index in [1.807, 2.05) is 0 Å². The molecule has 0 aliphatic carbocycles. The molecule has 0 bridgehead atoms. The Balaban J connectivity index is 3.15. The number of phenols is 2. The standard InChI is InChI=1S/C9H9Cl2N3O3/c10-7-3(1-6(17)14-9(12)13)8(11)5(16)2-4(7)15/h2,15-16H,1H2,(H4,12,13,14,17). The molecule has 8 heteroatoms. The number of aliphatic imine (C=N–C) groups is 1. The van der Waals surface area contributed by atoms with Gasteiger partial charge in [-0.3, -0.25) is 4.79 Å². The summed E-state index contributed by atoms with van der Waals surface area (Å²) in [6, 6.07) is 0.971. The van der Waals surface area contributed by atoms with Crippen LogP contribution in [0.1, 0.15) is 5.56 Å². The summed E-state index contributed by atoms with van der Waals surface area (Å²) in [7, 11) is 0. The fraction of sp³-hybridized carbons (Fsp3) is 0.111. The number of nitrogens with two attached hydrogens (primary N) is 2. The van der Waals surface area contributed by atoms with Crippen molar-refractivity contribution < 1.29 is 15.0 Å². The van der Waals surface area contributed by atoms with Crippen LogP contribution in [-0.2, 0) is 11.2 Å². The highest BCUT2D eigenvalue weighted by molar-refractivity contribution is 6.38. The van der Waals surface area contributed by atoms with Gasteiger partial charge >= 0.3 is 0 Å². The Hall–Kier alpha value is -1.66. The second-order valence-corrected chi connectivity index (χ2v) is 3.88. The fourth-order valence-corrected chi connectivity index (χ4v) is 1.63. The van der Waals surface area contributed by atoms with Gasteiger partial charge in [-0.15, -0.1) is 0 Å². The molecule has 0 saturated carbocycles. The van der Waals surface area contributed by atoms with Crippen LogP contribution in [0, 0.1) is 0 Å². The van der Waals surface area contributed by atoms with Gasteiger partial charge in [0, 0.05) is 11.6 Å². The lowest BCUT2D eigenvalue weighted by Crippen LogP contribution is -2.24. The Kier molecular flexibility index (Phi) is 4.03. The molecule has 0 atom stereocenters. The maximum absolute atomic E-state index is 11.3. The predicted octanol–water partition coefficient (Wildman–Crippen LogP) is 0.747. The Bertz CT molecular complexity index is 472. The number of phenolic OH excluding ortho intramolecular Hbond substituents is 2. The molecule has 0 saturated heterocycles. The Morgan fingerprint density at radius 1 is 1.24 bits per heavy atom. The summed E-state index contributed by atoms with van der Waals surface area (Å²) in [6.07, 6.45) is -0.336. The number of hydrogen-bond acceptors (Lipinski definition) is 3. The summed E-state index contributed by atoms with van der Waals surface area (Å²) in [5, 5.41) is 18.4. The zero-order chi connectivity index (χ0) is 13.2. The van der Waals surface area contributed by atoms with Crippen molar-refractivity contribution in [2.75, 3.05) is 0 Å². The van der Waals surface area contributed by atoms with Gasteiger partial charge in [0.05, 0.1) is 16.5 Å². The minimum atomic E-state index is -0.696. The van der Waals surface area contributed by atoms with E-state index >= 15 is 0 Å². The van der Waals surface area contributed by atoms with Gasteiger partial charge < -0.3 is 21.7 Å². The summed E-state index contributed by atoms with van der Waals surface area (Å²) in [5.74, 6) is -1.87. The summed E-state index contributed by atoms with van der Waals surface area (Å²) in [6.45, 7) is 0. The number of carbonyl (C=O) groups is 1. The number of hydrogen-bond donors (Lipinski definition) is 4. The number of amides is 1. The molecule has 0 spiro atoms. The fourth-order valence-electron chi connectivity index (χ4n) is 1.15. The van der Waals surface area contributed by atoms with E-state index in [0.29, 0.717) is 0 Å². The van der Waals surface area contributed by atoms with Crippen LogP contribution in [0.5, 0.6) is 11.5 Å². The molecule has 0 aliphatic heterocycles. The van der Waals surface area contributed by atoms with E-state index in [4.69, 9.17) is 34.7 Å². The second-order valence-electron chi connectivity index (χ2n) is 3.13. The smallest absolute Gasteiger partial charge is 0.253 e. The predicted molar refractivity (Wildman–Crippen MR) is 64.3 cm³/mol. The van der Waals surface area contributed by atoms with Crippen LogP contribution in [-0.4, -0.2) is 22.1 Å². The Morgan fingerprint density at radius 3 is 2.12 bits per heavy atom. The molecule has 6 N–H and O–H groups in total. The molecule has 1 amide bonds. The monoisotopic (exact) mass is 277 g/mol. The van der Waals surface area contributed by atoms with Crippen LogP contribution in [0.3, 0.4) is 0 Å². The molecule has 0 unspecified atom stereocenters. The van der Waals surface area contributed by atoms with Gasteiger partial charge in [0.15, 0.2) is 5.96 Å². The average molecular weight is 278 g/mol. The van der Waals surface area contributed by atoms with Crippen molar-refractivity contribution >= 4 is 35.1 Å². The second kappa shape index (κ2) is 5.11. The van der Waals surface area contributed by atoms with Crippen LogP contribution in [0.15, 0.2) is 11.1 Å². The van der Waals surface area contributed by atoms with Gasteiger partial charge in [-0.1, -0.05) is 23.2 Å². The molecule has 0 aromatic heterocycles.